The number of hydrogen-bond donors (Lipinski definition) is 1. The smallest absolute Gasteiger partial charge is 0.219 e. The molecule has 4 nitrogen and oxygen atoms in total. The Kier molecular flexibility index (Phi) is 5.74. The Bertz CT molecular complexity index is 890. The zero-order chi connectivity index (χ0) is 18.5. The number of benzene rings is 2. The van der Waals surface area contributed by atoms with Gasteiger partial charge < -0.3 is 15.2 Å². The second-order valence-electron chi connectivity index (χ2n) is 6.61. The topological polar surface area (TPSA) is 57.4 Å². The summed E-state index contributed by atoms with van der Waals surface area (Å²) in [5, 5.41) is 1.10. The van der Waals surface area contributed by atoms with Crippen LogP contribution in [0.2, 0.25) is 0 Å². The number of aryl methyl sites for hydroxylation is 1. The van der Waals surface area contributed by atoms with E-state index < -0.39 is 0 Å². The lowest BCUT2D eigenvalue weighted by molar-refractivity contribution is 0.242. The third kappa shape index (κ3) is 4.33. The summed E-state index contributed by atoms with van der Waals surface area (Å²) < 4.78 is 11.8. The SMILES string of the molecule is CCc1cc(OC(C)C)ccc1Oc1ccc2cc(CCN)ccc2n1. The zero-order valence-corrected chi connectivity index (χ0v) is 15.7. The number of aromatic nitrogens is 1. The van der Waals surface area contributed by atoms with Gasteiger partial charge in [-0.3, -0.25) is 0 Å². The molecule has 0 spiro atoms. The minimum absolute atomic E-state index is 0.151. The van der Waals surface area contributed by atoms with Crippen LogP contribution in [0.15, 0.2) is 48.5 Å². The van der Waals surface area contributed by atoms with Crippen LogP contribution in [-0.4, -0.2) is 17.6 Å². The van der Waals surface area contributed by atoms with E-state index >= 15 is 0 Å². The molecular weight excluding hydrogens is 324 g/mol. The molecule has 26 heavy (non-hydrogen) atoms. The highest BCUT2D eigenvalue weighted by Gasteiger charge is 2.08. The summed E-state index contributed by atoms with van der Waals surface area (Å²) in [6.07, 6.45) is 1.89. The van der Waals surface area contributed by atoms with Crippen molar-refractivity contribution >= 4 is 10.9 Å². The Morgan fingerprint density at radius 1 is 1.04 bits per heavy atom. The van der Waals surface area contributed by atoms with E-state index in [9.17, 15) is 0 Å². The van der Waals surface area contributed by atoms with Gasteiger partial charge in [-0.05, 0) is 80.8 Å². The van der Waals surface area contributed by atoms with E-state index in [4.69, 9.17) is 15.2 Å². The predicted molar refractivity (Wildman–Crippen MR) is 106 cm³/mol. The summed E-state index contributed by atoms with van der Waals surface area (Å²) in [4.78, 5) is 4.63. The normalized spacial score (nSPS) is 11.1. The Labute approximate surface area is 155 Å². The lowest BCUT2D eigenvalue weighted by Gasteiger charge is -2.14. The van der Waals surface area contributed by atoms with Crippen molar-refractivity contribution < 1.29 is 9.47 Å². The van der Waals surface area contributed by atoms with Crippen molar-refractivity contribution in [1.82, 2.24) is 4.98 Å². The molecule has 0 saturated heterocycles. The first-order valence-electron chi connectivity index (χ1n) is 9.16. The highest BCUT2D eigenvalue weighted by Crippen LogP contribution is 2.30. The first kappa shape index (κ1) is 18.2. The van der Waals surface area contributed by atoms with Gasteiger partial charge in [-0.15, -0.1) is 0 Å². The molecule has 1 aromatic heterocycles. The van der Waals surface area contributed by atoms with Gasteiger partial charge in [0.15, 0.2) is 0 Å². The molecule has 3 rings (SSSR count). The van der Waals surface area contributed by atoms with Gasteiger partial charge in [0.2, 0.25) is 5.88 Å². The Balaban J connectivity index is 1.84. The lowest BCUT2D eigenvalue weighted by atomic mass is 10.1. The van der Waals surface area contributed by atoms with Crippen molar-refractivity contribution in [3.05, 3.63) is 59.7 Å². The Morgan fingerprint density at radius 3 is 2.62 bits per heavy atom. The number of fused-ring (bicyclic) bond motifs is 1. The van der Waals surface area contributed by atoms with Gasteiger partial charge >= 0.3 is 0 Å². The molecule has 0 aliphatic heterocycles. The zero-order valence-electron chi connectivity index (χ0n) is 15.7. The summed E-state index contributed by atoms with van der Waals surface area (Å²) in [6, 6.07) is 16.1. The highest BCUT2D eigenvalue weighted by molar-refractivity contribution is 5.79. The van der Waals surface area contributed by atoms with Crippen molar-refractivity contribution in [2.75, 3.05) is 6.54 Å². The van der Waals surface area contributed by atoms with Gasteiger partial charge in [-0.25, -0.2) is 4.98 Å². The first-order chi connectivity index (χ1) is 12.6. The molecule has 0 unspecified atom stereocenters. The van der Waals surface area contributed by atoms with E-state index in [-0.39, 0.29) is 6.10 Å². The minimum Gasteiger partial charge on any atom is -0.491 e. The van der Waals surface area contributed by atoms with Crippen molar-refractivity contribution in [3.8, 4) is 17.4 Å². The Hall–Kier alpha value is -2.59. The molecule has 2 N–H and O–H groups in total. The summed E-state index contributed by atoms with van der Waals surface area (Å²) in [5.74, 6) is 2.27. The fourth-order valence-corrected chi connectivity index (χ4v) is 2.93. The molecule has 0 amide bonds. The molecule has 0 fully saturated rings. The van der Waals surface area contributed by atoms with Crippen molar-refractivity contribution in [3.63, 3.8) is 0 Å². The average Bonchev–Trinajstić information content (AvgIpc) is 2.63. The van der Waals surface area contributed by atoms with Gasteiger partial charge in [-0.1, -0.05) is 13.0 Å². The van der Waals surface area contributed by atoms with E-state index in [0.717, 1.165) is 40.8 Å². The number of pyridine rings is 1. The fraction of sp³-hybridized carbons (Fsp3) is 0.318. The molecular formula is C22H26N2O2. The third-order valence-corrected chi connectivity index (χ3v) is 4.16. The molecule has 136 valence electrons. The number of ether oxygens (including phenoxy) is 2. The standard InChI is InChI=1S/C22H26N2O2/c1-4-17-14-19(25-15(2)3)7-9-21(17)26-22-10-6-18-13-16(11-12-23)5-8-20(18)24-22/h5-10,13-15H,4,11-12,23H2,1-3H3. The van der Waals surface area contributed by atoms with Crippen LogP contribution in [0.25, 0.3) is 10.9 Å². The van der Waals surface area contributed by atoms with Crippen LogP contribution in [-0.2, 0) is 12.8 Å². The van der Waals surface area contributed by atoms with Crippen LogP contribution in [0.1, 0.15) is 31.9 Å². The van der Waals surface area contributed by atoms with Gasteiger partial charge in [0.25, 0.3) is 0 Å². The van der Waals surface area contributed by atoms with Crippen LogP contribution in [0.5, 0.6) is 17.4 Å². The lowest BCUT2D eigenvalue weighted by Crippen LogP contribution is -2.06. The Morgan fingerprint density at radius 2 is 1.88 bits per heavy atom. The highest BCUT2D eigenvalue weighted by atomic mass is 16.5. The van der Waals surface area contributed by atoms with E-state index in [1.165, 1.54) is 5.56 Å². The maximum Gasteiger partial charge on any atom is 0.219 e. The van der Waals surface area contributed by atoms with Gasteiger partial charge in [0, 0.05) is 11.5 Å². The number of nitrogens with zero attached hydrogens (tertiary/aromatic N) is 1. The molecule has 3 aromatic rings. The molecule has 4 heteroatoms. The third-order valence-electron chi connectivity index (χ3n) is 4.16. The minimum atomic E-state index is 0.151. The number of rotatable bonds is 7. The van der Waals surface area contributed by atoms with E-state index in [0.29, 0.717) is 12.4 Å². The van der Waals surface area contributed by atoms with Crippen LogP contribution in [0.4, 0.5) is 0 Å². The molecule has 1 heterocycles. The van der Waals surface area contributed by atoms with Gasteiger partial charge in [-0.2, -0.15) is 0 Å². The monoisotopic (exact) mass is 350 g/mol. The van der Waals surface area contributed by atoms with Crippen LogP contribution >= 0.6 is 0 Å². The average molecular weight is 350 g/mol. The fourth-order valence-electron chi connectivity index (χ4n) is 2.93. The molecule has 0 aliphatic carbocycles. The molecule has 2 aromatic carbocycles. The van der Waals surface area contributed by atoms with E-state index in [1.54, 1.807) is 0 Å². The summed E-state index contributed by atoms with van der Waals surface area (Å²) in [6.45, 7) is 6.80. The van der Waals surface area contributed by atoms with Gasteiger partial charge in [0.1, 0.15) is 11.5 Å². The molecule has 0 saturated carbocycles. The molecule has 0 bridgehead atoms. The van der Waals surface area contributed by atoms with Crippen molar-refractivity contribution in [2.24, 2.45) is 5.73 Å². The van der Waals surface area contributed by atoms with Crippen LogP contribution in [0, 0.1) is 0 Å². The second kappa shape index (κ2) is 8.19. The van der Waals surface area contributed by atoms with Gasteiger partial charge in [0.05, 0.1) is 11.6 Å². The molecule has 0 aliphatic rings. The summed E-state index contributed by atoms with van der Waals surface area (Å²) >= 11 is 0. The molecule has 0 radical (unpaired) electrons. The quantitative estimate of drug-likeness (QED) is 0.660. The summed E-state index contributed by atoms with van der Waals surface area (Å²) in [7, 11) is 0. The molecule has 0 atom stereocenters. The number of nitrogens with two attached hydrogens (primary N) is 1. The summed E-state index contributed by atoms with van der Waals surface area (Å²) in [5.41, 5.74) is 8.88. The van der Waals surface area contributed by atoms with Crippen molar-refractivity contribution in [2.45, 2.75) is 39.7 Å². The second-order valence-corrected chi connectivity index (χ2v) is 6.61. The largest absolute Gasteiger partial charge is 0.491 e. The first-order valence-corrected chi connectivity index (χ1v) is 9.16. The van der Waals surface area contributed by atoms with Crippen molar-refractivity contribution in [1.29, 1.82) is 0 Å². The predicted octanol–water partition coefficient (Wildman–Crippen LogP) is 4.88. The number of hydrogen-bond acceptors (Lipinski definition) is 4. The van der Waals surface area contributed by atoms with Crippen LogP contribution < -0.4 is 15.2 Å². The van der Waals surface area contributed by atoms with E-state index in [1.807, 2.05) is 50.2 Å². The van der Waals surface area contributed by atoms with Crippen LogP contribution in [0.3, 0.4) is 0 Å². The maximum absolute atomic E-state index is 6.06. The van der Waals surface area contributed by atoms with E-state index in [2.05, 4.69) is 24.0 Å². The maximum atomic E-state index is 6.06.